The van der Waals surface area contributed by atoms with Crippen molar-refractivity contribution >= 4 is 51.0 Å². The summed E-state index contributed by atoms with van der Waals surface area (Å²) < 4.78 is 57.0. The van der Waals surface area contributed by atoms with Gasteiger partial charge in [0.15, 0.2) is 5.11 Å². The van der Waals surface area contributed by atoms with Gasteiger partial charge in [-0.15, -0.1) is 13.2 Å². The van der Waals surface area contributed by atoms with E-state index >= 15 is 0 Å². The fourth-order valence-electron chi connectivity index (χ4n) is 4.07. The Bertz CT molecular complexity index is 1570. The molecule has 2 N–H and O–H groups in total. The number of hydrogen-bond donors (Lipinski definition) is 2. The van der Waals surface area contributed by atoms with Gasteiger partial charge in [0.2, 0.25) is 0 Å². The average molecular weight is 526 g/mol. The molecule has 5 rings (SSSR count). The molecule has 1 aliphatic carbocycles. The lowest BCUT2D eigenvalue weighted by atomic mass is 10.0. The number of fused-ring (bicyclic) bond motifs is 3. The number of hydrazone groups is 1. The molecule has 0 spiro atoms. The summed E-state index contributed by atoms with van der Waals surface area (Å²) in [5.74, 6) is -0.638. The molecule has 0 fully saturated rings. The number of halogens is 4. The van der Waals surface area contributed by atoms with Gasteiger partial charge in [-0.1, -0.05) is 36.4 Å². The number of benzene rings is 3. The van der Waals surface area contributed by atoms with E-state index in [1.807, 2.05) is 34.9 Å². The van der Waals surface area contributed by atoms with Crippen LogP contribution in [0.2, 0.25) is 0 Å². The maximum Gasteiger partial charge on any atom is 0.573 e. The van der Waals surface area contributed by atoms with Crippen LogP contribution in [0.25, 0.3) is 21.8 Å². The van der Waals surface area contributed by atoms with Crippen LogP contribution in [0, 0.1) is 5.82 Å². The lowest BCUT2D eigenvalue weighted by molar-refractivity contribution is -0.303. The number of para-hydroxylation sites is 1. The highest BCUT2D eigenvalue weighted by Crippen LogP contribution is 2.31. The van der Waals surface area contributed by atoms with Crippen molar-refractivity contribution in [3.8, 4) is 0 Å². The quantitative estimate of drug-likeness (QED) is 0.134. The predicted octanol–water partition coefficient (Wildman–Crippen LogP) is 6.57. The predicted molar refractivity (Wildman–Crippen MR) is 139 cm³/mol. The normalized spacial score (nSPS) is 15.8. The third kappa shape index (κ3) is 5.61. The van der Waals surface area contributed by atoms with E-state index in [0.29, 0.717) is 6.42 Å². The second-order valence-electron chi connectivity index (χ2n) is 8.19. The number of imidazole rings is 1. The molecule has 0 bridgehead atoms. The summed E-state index contributed by atoms with van der Waals surface area (Å²) in [5.41, 5.74) is 5.37. The third-order valence-electron chi connectivity index (χ3n) is 5.72. The van der Waals surface area contributed by atoms with E-state index in [2.05, 4.69) is 25.6 Å². The molecule has 0 aliphatic heterocycles. The van der Waals surface area contributed by atoms with Gasteiger partial charge < -0.3 is 14.6 Å². The number of ether oxygens (including phenoxy) is 1. The van der Waals surface area contributed by atoms with Crippen LogP contribution in [0.1, 0.15) is 18.0 Å². The van der Waals surface area contributed by atoms with Gasteiger partial charge in [0.05, 0.1) is 35.3 Å². The third-order valence-corrected chi connectivity index (χ3v) is 5.91. The smallest absolute Gasteiger partial charge is 0.406 e. The van der Waals surface area contributed by atoms with Gasteiger partial charge in [-0.25, -0.2) is 9.37 Å². The fraction of sp³-hybridized carbons (Fsp3) is 0.115. The molecule has 11 heteroatoms. The molecule has 0 radical (unpaired) electrons. The maximum atomic E-state index is 13.7. The lowest BCUT2D eigenvalue weighted by Crippen LogP contribution is -2.24. The molecule has 1 aliphatic rings. The Labute approximate surface area is 213 Å². The largest absolute Gasteiger partial charge is 0.573 e. The van der Waals surface area contributed by atoms with Crippen molar-refractivity contribution in [1.29, 1.82) is 0 Å². The van der Waals surface area contributed by atoms with Crippen molar-refractivity contribution in [2.24, 2.45) is 5.10 Å². The topological polar surface area (TPSA) is 63.5 Å². The van der Waals surface area contributed by atoms with Gasteiger partial charge in [-0.05, 0) is 66.0 Å². The van der Waals surface area contributed by atoms with E-state index in [4.69, 9.17) is 12.2 Å². The highest BCUT2D eigenvalue weighted by Gasteiger charge is 2.32. The Morgan fingerprint density at radius 2 is 2.00 bits per heavy atom. The maximum absolute atomic E-state index is 13.7. The van der Waals surface area contributed by atoms with Crippen molar-refractivity contribution in [1.82, 2.24) is 15.0 Å². The van der Waals surface area contributed by atoms with E-state index in [9.17, 15) is 17.6 Å². The van der Waals surface area contributed by atoms with Gasteiger partial charge in [0, 0.05) is 5.39 Å². The summed E-state index contributed by atoms with van der Waals surface area (Å²) in [5, 5.41) is 8.87. The lowest BCUT2D eigenvalue weighted by Gasteiger charge is -2.19. The fourth-order valence-corrected chi connectivity index (χ4v) is 4.24. The Morgan fingerprint density at radius 3 is 2.76 bits per heavy atom. The Morgan fingerprint density at radius 1 is 1.16 bits per heavy atom. The molecule has 0 amide bonds. The SMILES string of the molecule is Fc1ccccc1NC(=S)N/N=C/c1ccc2c(ccc3c2ncn3C2C=CC(OC(F)(F)F)=CC2)c1. The zero-order chi connectivity index (χ0) is 26.0. The van der Waals surface area contributed by atoms with E-state index in [1.165, 1.54) is 18.2 Å². The number of hydrogen-bond acceptors (Lipinski definition) is 4. The number of rotatable bonds is 5. The molecule has 1 unspecified atom stereocenters. The summed E-state index contributed by atoms with van der Waals surface area (Å²) in [6.45, 7) is 0. The van der Waals surface area contributed by atoms with Gasteiger partial charge in [0.1, 0.15) is 11.6 Å². The highest BCUT2D eigenvalue weighted by atomic mass is 32.1. The second-order valence-corrected chi connectivity index (χ2v) is 8.59. The van der Waals surface area contributed by atoms with Crippen LogP contribution in [0.4, 0.5) is 23.2 Å². The van der Waals surface area contributed by atoms with Crippen molar-refractivity contribution in [3.05, 3.63) is 96.3 Å². The molecule has 37 heavy (non-hydrogen) atoms. The van der Waals surface area contributed by atoms with Crippen LogP contribution in [0.3, 0.4) is 0 Å². The summed E-state index contributed by atoms with van der Waals surface area (Å²) in [7, 11) is 0. The van der Waals surface area contributed by atoms with Gasteiger partial charge in [-0.2, -0.15) is 5.10 Å². The monoisotopic (exact) mass is 525 g/mol. The van der Waals surface area contributed by atoms with E-state index < -0.39 is 12.2 Å². The van der Waals surface area contributed by atoms with Gasteiger partial charge in [-0.3, -0.25) is 5.43 Å². The van der Waals surface area contributed by atoms with Crippen molar-refractivity contribution < 1.29 is 22.3 Å². The minimum Gasteiger partial charge on any atom is -0.406 e. The van der Waals surface area contributed by atoms with Crippen LogP contribution >= 0.6 is 12.2 Å². The van der Waals surface area contributed by atoms with Crippen LogP contribution in [0.5, 0.6) is 0 Å². The number of allylic oxidation sites excluding steroid dienone is 3. The molecule has 3 aromatic carbocycles. The molecule has 0 saturated heterocycles. The zero-order valence-corrected chi connectivity index (χ0v) is 19.9. The standard InChI is InChI=1S/C26H19F4N5OS/c27-21-3-1-2-4-22(21)33-25(37)34-32-14-16-5-11-20-17(13-16)6-12-23-24(20)31-15-35(23)18-7-9-19(10-8-18)36-26(28,29)30/h1-7,9-15,18H,8H2,(H2,33,34,37)/b32-14+. The number of alkyl halides is 3. The zero-order valence-electron chi connectivity index (χ0n) is 19.0. The highest BCUT2D eigenvalue weighted by molar-refractivity contribution is 7.80. The molecule has 6 nitrogen and oxygen atoms in total. The van der Waals surface area contributed by atoms with Crippen molar-refractivity contribution in [2.75, 3.05) is 5.32 Å². The molecule has 1 aromatic heterocycles. The van der Waals surface area contributed by atoms with E-state index in [1.54, 1.807) is 36.8 Å². The molecule has 4 aromatic rings. The number of anilines is 1. The molecular weight excluding hydrogens is 506 g/mol. The first kappa shape index (κ1) is 24.4. The van der Waals surface area contributed by atoms with Crippen LogP contribution in [0.15, 0.2) is 90.0 Å². The summed E-state index contributed by atoms with van der Waals surface area (Å²) in [4.78, 5) is 4.56. The first-order valence-corrected chi connectivity index (χ1v) is 11.6. The Balaban J connectivity index is 1.29. The molecule has 188 valence electrons. The van der Waals surface area contributed by atoms with Crippen LogP contribution in [-0.2, 0) is 4.74 Å². The van der Waals surface area contributed by atoms with E-state index in [-0.39, 0.29) is 22.6 Å². The van der Waals surface area contributed by atoms with Gasteiger partial charge in [0.25, 0.3) is 0 Å². The first-order chi connectivity index (χ1) is 17.8. The Kier molecular flexibility index (Phi) is 6.62. The second kappa shape index (κ2) is 10.0. The number of aromatic nitrogens is 2. The molecular formula is C26H19F4N5OS. The minimum absolute atomic E-state index is 0.151. The van der Waals surface area contributed by atoms with Crippen LogP contribution < -0.4 is 10.7 Å². The number of nitrogens with one attached hydrogen (secondary N) is 2. The first-order valence-electron chi connectivity index (χ1n) is 11.1. The molecule has 0 saturated carbocycles. The minimum atomic E-state index is -4.71. The van der Waals surface area contributed by atoms with Crippen molar-refractivity contribution in [2.45, 2.75) is 18.8 Å². The number of nitrogens with zero attached hydrogens (tertiary/aromatic N) is 3. The number of thiocarbonyl (C=S) groups is 1. The summed E-state index contributed by atoms with van der Waals surface area (Å²) in [6, 6.07) is 15.6. The van der Waals surface area contributed by atoms with E-state index in [0.717, 1.165) is 27.4 Å². The Hall–Kier alpha value is -4.25. The molecule has 1 atom stereocenters. The summed E-state index contributed by atoms with van der Waals surface area (Å²) >= 11 is 5.15. The van der Waals surface area contributed by atoms with Crippen LogP contribution in [-0.4, -0.2) is 27.2 Å². The van der Waals surface area contributed by atoms with Crippen molar-refractivity contribution in [3.63, 3.8) is 0 Å². The average Bonchev–Trinajstić information content (AvgIpc) is 3.29. The summed E-state index contributed by atoms with van der Waals surface area (Å²) in [6.07, 6.45) is 3.33. The van der Waals surface area contributed by atoms with Gasteiger partial charge >= 0.3 is 6.36 Å². The molecule has 1 heterocycles.